The van der Waals surface area contributed by atoms with Crippen molar-refractivity contribution in [2.45, 2.75) is 32.1 Å². The summed E-state index contributed by atoms with van der Waals surface area (Å²) in [4.78, 5) is 13.1. The van der Waals surface area contributed by atoms with E-state index >= 15 is 0 Å². The average molecular weight is 365 g/mol. The summed E-state index contributed by atoms with van der Waals surface area (Å²) in [5.74, 6) is 0.880. The molecule has 0 unspecified atom stereocenters. The Hall–Kier alpha value is -2.73. The average Bonchev–Trinajstić information content (AvgIpc) is 3.11. The molecule has 0 fully saturated rings. The lowest BCUT2D eigenvalue weighted by Gasteiger charge is -2.27. The van der Waals surface area contributed by atoms with Gasteiger partial charge in [0.2, 0.25) is 11.0 Å². The highest BCUT2D eigenvalue weighted by Gasteiger charge is 2.32. The Balaban J connectivity index is 1.62. The second-order valence-electron chi connectivity index (χ2n) is 6.20. The van der Waals surface area contributed by atoms with E-state index in [9.17, 15) is 4.79 Å². The Morgan fingerprint density at radius 3 is 2.38 bits per heavy atom. The second kappa shape index (κ2) is 7.25. The van der Waals surface area contributed by atoms with Crippen LogP contribution in [0.4, 0.5) is 5.13 Å². The smallest absolute Gasteiger partial charge is 0.238 e. The van der Waals surface area contributed by atoms with Gasteiger partial charge in [-0.1, -0.05) is 61.1 Å². The molecule has 0 radical (unpaired) electrons. The summed E-state index contributed by atoms with van der Waals surface area (Å²) in [7, 11) is 0. The van der Waals surface area contributed by atoms with E-state index in [1.807, 2.05) is 48.5 Å². The molecule has 2 aromatic carbocycles. The first-order chi connectivity index (χ1) is 12.8. The zero-order chi connectivity index (χ0) is 17.9. The monoisotopic (exact) mass is 365 g/mol. The lowest BCUT2D eigenvalue weighted by Crippen LogP contribution is -2.25. The van der Waals surface area contributed by atoms with Crippen molar-refractivity contribution < 1.29 is 9.53 Å². The number of aryl methyl sites for hydroxylation is 1. The molecule has 132 valence electrons. The molecule has 4 rings (SSSR count). The summed E-state index contributed by atoms with van der Waals surface area (Å²) in [5, 5.41) is 12.7. The number of hydrogen-bond donors (Lipinski definition) is 1. The number of nitrogens with zero attached hydrogens (tertiary/aromatic N) is 2. The maximum absolute atomic E-state index is 13.1. The Morgan fingerprint density at radius 2 is 1.73 bits per heavy atom. The predicted molar refractivity (Wildman–Crippen MR) is 102 cm³/mol. The number of fused-ring (bicyclic) bond motifs is 2. The van der Waals surface area contributed by atoms with E-state index in [-0.39, 0.29) is 5.91 Å². The number of carbonyl (C=O) groups excluding carboxylic acids is 1. The van der Waals surface area contributed by atoms with E-state index in [0.717, 1.165) is 35.4 Å². The molecule has 1 aromatic heterocycles. The van der Waals surface area contributed by atoms with E-state index in [1.165, 1.54) is 11.3 Å². The minimum Gasteiger partial charge on any atom is -0.457 e. The van der Waals surface area contributed by atoms with Crippen molar-refractivity contribution in [3.05, 3.63) is 64.7 Å². The number of nitrogens with one attached hydrogen (secondary N) is 1. The topological polar surface area (TPSA) is 64.1 Å². The molecule has 3 aromatic rings. The third-order valence-electron chi connectivity index (χ3n) is 4.38. The molecule has 0 saturated carbocycles. The van der Waals surface area contributed by atoms with Crippen LogP contribution in [0.25, 0.3) is 0 Å². The molecule has 1 amide bonds. The van der Waals surface area contributed by atoms with Gasteiger partial charge in [-0.25, -0.2) is 0 Å². The minimum absolute atomic E-state index is 0.119. The number of rotatable bonds is 5. The van der Waals surface area contributed by atoms with Gasteiger partial charge in [0.15, 0.2) is 0 Å². The first-order valence-corrected chi connectivity index (χ1v) is 9.57. The quantitative estimate of drug-likeness (QED) is 0.708. The third kappa shape index (κ3) is 3.20. The highest BCUT2D eigenvalue weighted by atomic mass is 32.1. The first kappa shape index (κ1) is 16.7. The van der Waals surface area contributed by atoms with Crippen LogP contribution in [0.5, 0.6) is 11.5 Å². The van der Waals surface area contributed by atoms with Crippen molar-refractivity contribution in [1.82, 2.24) is 10.2 Å². The maximum Gasteiger partial charge on any atom is 0.238 e. The number of hydrogen-bond acceptors (Lipinski definition) is 5. The highest BCUT2D eigenvalue weighted by Crippen LogP contribution is 2.44. The lowest BCUT2D eigenvalue weighted by atomic mass is 9.87. The van der Waals surface area contributed by atoms with Gasteiger partial charge in [-0.15, -0.1) is 10.2 Å². The Labute approximate surface area is 156 Å². The summed E-state index contributed by atoms with van der Waals surface area (Å²) in [6.07, 6.45) is 3.08. The number of carbonyl (C=O) groups is 1. The molecule has 2 heterocycles. The largest absolute Gasteiger partial charge is 0.457 e. The summed E-state index contributed by atoms with van der Waals surface area (Å²) < 4.78 is 5.95. The molecule has 1 N–H and O–H groups in total. The second-order valence-corrected chi connectivity index (χ2v) is 7.27. The molecule has 6 heteroatoms. The summed E-state index contributed by atoms with van der Waals surface area (Å²) in [6, 6.07) is 15.3. The first-order valence-electron chi connectivity index (χ1n) is 8.75. The molecule has 0 atom stereocenters. The standard InChI is InChI=1S/C20H19N3O2S/c1-2-3-12-17-22-23-20(26-17)21-19(24)18-13-8-4-6-10-15(13)25-16-11-7-5-9-14(16)18/h4-11,18H,2-3,12H2,1H3,(H,21,23,24). The van der Waals surface area contributed by atoms with E-state index < -0.39 is 5.92 Å². The van der Waals surface area contributed by atoms with Gasteiger partial charge in [0.05, 0.1) is 5.92 Å². The van der Waals surface area contributed by atoms with Crippen LogP contribution in [0.1, 0.15) is 41.8 Å². The van der Waals surface area contributed by atoms with Crippen LogP contribution < -0.4 is 10.1 Å². The molecule has 5 nitrogen and oxygen atoms in total. The minimum atomic E-state index is -0.431. The molecular formula is C20H19N3O2S. The van der Waals surface area contributed by atoms with Gasteiger partial charge in [0.1, 0.15) is 16.5 Å². The SMILES string of the molecule is CCCCc1nnc(NC(=O)C2c3ccccc3Oc3ccccc32)s1. The molecule has 1 aliphatic rings. The molecule has 26 heavy (non-hydrogen) atoms. The molecule has 0 aliphatic carbocycles. The molecule has 0 bridgehead atoms. The van der Waals surface area contributed by atoms with E-state index in [1.54, 1.807) is 0 Å². The van der Waals surface area contributed by atoms with Gasteiger partial charge in [-0.2, -0.15) is 0 Å². The number of aromatic nitrogens is 2. The lowest BCUT2D eigenvalue weighted by molar-refractivity contribution is -0.116. The maximum atomic E-state index is 13.1. The van der Waals surface area contributed by atoms with Crippen LogP contribution in [0.2, 0.25) is 0 Å². The van der Waals surface area contributed by atoms with Crippen LogP contribution >= 0.6 is 11.3 Å². The van der Waals surface area contributed by atoms with Crippen LogP contribution in [0.15, 0.2) is 48.5 Å². The summed E-state index contributed by atoms with van der Waals surface area (Å²) in [5.41, 5.74) is 1.72. The Morgan fingerprint density at radius 1 is 1.08 bits per heavy atom. The van der Waals surface area contributed by atoms with Crippen molar-refractivity contribution >= 4 is 22.4 Å². The van der Waals surface area contributed by atoms with E-state index in [2.05, 4.69) is 22.4 Å². The van der Waals surface area contributed by atoms with Gasteiger partial charge < -0.3 is 4.74 Å². The van der Waals surface area contributed by atoms with Gasteiger partial charge in [-0.3, -0.25) is 10.1 Å². The van der Waals surface area contributed by atoms with Crippen molar-refractivity contribution in [1.29, 1.82) is 0 Å². The molecule has 0 spiro atoms. The zero-order valence-electron chi connectivity index (χ0n) is 14.4. The van der Waals surface area contributed by atoms with Gasteiger partial charge in [0, 0.05) is 17.5 Å². The summed E-state index contributed by atoms with van der Waals surface area (Å²) in [6.45, 7) is 2.14. The predicted octanol–water partition coefficient (Wildman–Crippen LogP) is 4.76. The van der Waals surface area contributed by atoms with Gasteiger partial charge in [-0.05, 0) is 18.6 Å². The number of anilines is 1. The van der Waals surface area contributed by atoms with Gasteiger partial charge >= 0.3 is 0 Å². The Bertz CT molecular complexity index is 893. The van der Waals surface area contributed by atoms with Crippen LogP contribution in [0, 0.1) is 0 Å². The number of benzene rings is 2. The van der Waals surface area contributed by atoms with Crippen LogP contribution in [-0.4, -0.2) is 16.1 Å². The summed E-state index contributed by atoms with van der Waals surface area (Å²) >= 11 is 1.44. The van der Waals surface area contributed by atoms with E-state index in [4.69, 9.17) is 4.74 Å². The van der Waals surface area contributed by atoms with Crippen molar-refractivity contribution in [2.75, 3.05) is 5.32 Å². The number of amides is 1. The number of para-hydroxylation sites is 2. The molecular weight excluding hydrogens is 346 g/mol. The number of unbranched alkanes of at least 4 members (excludes halogenated alkanes) is 1. The van der Waals surface area contributed by atoms with Crippen molar-refractivity contribution in [2.24, 2.45) is 0 Å². The van der Waals surface area contributed by atoms with Crippen molar-refractivity contribution in [3.8, 4) is 11.5 Å². The normalized spacial score (nSPS) is 12.8. The Kier molecular flexibility index (Phi) is 4.67. The molecule has 0 saturated heterocycles. The zero-order valence-corrected chi connectivity index (χ0v) is 15.3. The highest BCUT2D eigenvalue weighted by molar-refractivity contribution is 7.15. The van der Waals surface area contributed by atoms with Gasteiger partial charge in [0.25, 0.3) is 0 Å². The van der Waals surface area contributed by atoms with Crippen LogP contribution in [-0.2, 0) is 11.2 Å². The van der Waals surface area contributed by atoms with E-state index in [0.29, 0.717) is 16.6 Å². The fraction of sp³-hybridized carbons (Fsp3) is 0.250. The fourth-order valence-corrected chi connectivity index (χ4v) is 3.89. The number of ether oxygens (including phenoxy) is 1. The fourth-order valence-electron chi connectivity index (χ4n) is 3.10. The molecule has 1 aliphatic heterocycles. The third-order valence-corrected chi connectivity index (χ3v) is 5.28. The van der Waals surface area contributed by atoms with Crippen LogP contribution in [0.3, 0.4) is 0 Å². The van der Waals surface area contributed by atoms with Crippen molar-refractivity contribution in [3.63, 3.8) is 0 Å².